The average molecular weight is 296 g/mol. The molecule has 0 atom stereocenters. The number of alkyl halides is 3. The Bertz CT molecular complexity index is 324. The molecule has 0 aromatic carbocycles. The lowest BCUT2D eigenvalue weighted by atomic mass is 9.88. The van der Waals surface area contributed by atoms with E-state index >= 15 is 0 Å². The predicted molar refractivity (Wildman–Crippen MR) is 69.1 cm³/mol. The monoisotopic (exact) mass is 296 g/mol. The topological polar surface area (TPSA) is 55.6 Å². The Kier molecular flexibility index (Phi) is 5.82. The molecule has 0 saturated carbocycles. The lowest BCUT2D eigenvalue weighted by Gasteiger charge is -2.40. The van der Waals surface area contributed by atoms with Crippen LogP contribution >= 0.6 is 0 Å². The summed E-state index contributed by atoms with van der Waals surface area (Å²) < 4.78 is 43.3. The second-order valence-electron chi connectivity index (χ2n) is 5.29. The lowest BCUT2D eigenvalue weighted by molar-refractivity contribution is -0.171. The van der Waals surface area contributed by atoms with Crippen LogP contribution in [0.4, 0.5) is 13.2 Å². The van der Waals surface area contributed by atoms with Gasteiger partial charge in [0.05, 0.1) is 5.54 Å². The Morgan fingerprint density at radius 1 is 1.30 bits per heavy atom. The van der Waals surface area contributed by atoms with Crippen molar-refractivity contribution >= 4 is 5.91 Å². The molecule has 1 saturated heterocycles. The number of hydrogen-bond donors (Lipinski definition) is 1. The van der Waals surface area contributed by atoms with E-state index < -0.39 is 30.2 Å². The molecule has 1 rings (SSSR count). The molecule has 0 unspecified atom stereocenters. The van der Waals surface area contributed by atoms with Crippen molar-refractivity contribution in [3.05, 3.63) is 0 Å². The van der Waals surface area contributed by atoms with E-state index in [1.807, 2.05) is 0 Å². The number of nitrogens with zero attached hydrogens (tertiary/aromatic N) is 1. The smallest absolute Gasteiger partial charge is 0.381 e. The Balaban J connectivity index is 2.93. The van der Waals surface area contributed by atoms with Gasteiger partial charge in [-0.2, -0.15) is 13.2 Å². The first kappa shape index (κ1) is 17.2. The number of nitrogens with two attached hydrogens (primary N) is 1. The van der Waals surface area contributed by atoms with E-state index in [-0.39, 0.29) is 12.8 Å². The van der Waals surface area contributed by atoms with Gasteiger partial charge in [0.15, 0.2) is 0 Å². The van der Waals surface area contributed by atoms with Gasteiger partial charge in [-0.1, -0.05) is 13.8 Å². The molecule has 0 spiro atoms. The second-order valence-corrected chi connectivity index (χ2v) is 5.29. The van der Waals surface area contributed by atoms with E-state index in [2.05, 4.69) is 0 Å². The molecule has 2 N–H and O–H groups in total. The van der Waals surface area contributed by atoms with E-state index in [9.17, 15) is 18.0 Å². The summed E-state index contributed by atoms with van der Waals surface area (Å²) in [5.74, 6) is -0.605. The fourth-order valence-electron chi connectivity index (χ4n) is 2.52. The summed E-state index contributed by atoms with van der Waals surface area (Å²) >= 11 is 0. The maximum atomic E-state index is 12.7. The van der Waals surface area contributed by atoms with Crippen LogP contribution in [0.2, 0.25) is 0 Å². The zero-order valence-electron chi connectivity index (χ0n) is 12.0. The van der Waals surface area contributed by atoms with Crippen molar-refractivity contribution in [2.75, 3.05) is 19.8 Å². The van der Waals surface area contributed by atoms with Crippen LogP contribution < -0.4 is 5.73 Å². The van der Waals surface area contributed by atoms with Crippen LogP contribution in [0.1, 0.15) is 39.5 Å². The van der Waals surface area contributed by atoms with Crippen molar-refractivity contribution in [1.29, 1.82) is 0 Å². The summed E-state index contributed by atoms with van der Waals surface area (Å²) in [6.07, 6.45) is -2.93. The molecule has 1 heterocycles. The zero-order chi connectivity index (χ0) is 15.4. The molecular weight excluding hydrogens is 273 g/mol. The molecule has 1 aliphatic rings. The van der Waals surface area contributed by atoms with Gasteiger partial charge in [-0.25, -0.2) is 0 Å². The highest BCUT2D eigenvalue weighted by Gasteiger charge is 2.44. The number of halogens is 3. The molecule has 0 aromatic heterocycles. The highest BCUT2D eigenvalue weighted by molar-refractivity contribution is 5.86. The van der Waals surface area contributed by atoms with Crippen LogP contribution in [0.3, 0.4) is 0 Å². The van der Waals surface area contributed by atoms with Crippen molar-refractivity contribution in [2.24, 2.45) is 5.73 Å². The molecule has 0 bridgehead atoms. The van der Waals surface area contributed by atoms with Gasteiger partial charge in [0.1, 0.15) is 6.54 Å². The van der Waals surface area contributed by atoms with Crippen LogP contribution in [0.5, 0.6) is 0 Å². The molecule has 4 nitrogen and oxygen atoms in total. The largest absolute Gasteiger partial charge is 0.406 e. The van der Waals surface area contributed by atoms with Crippen LogP contribution in [-0.2, 0) is 9.53 Å². The fourth-order valence-corrected chi connectivity index (χ4v) is 2.52. The highest BCUT2D eigenvalue weighted by atomic mass is 19.4. The Labute approximate surface area is 117 Å². The summed E-state index contributed by atoms with van der Waals surface area (Å²) in [5, 5.41) is 0. The molecule has 0 aliphatic carbocycles. The van der Waals surface area contributed by atoms with Crippen molar-refractivity contribution in [3.8, 4) is 0 Å². The van der Waals surface area contributed by atoms with Gasteiger partial charge in [-0.05, 0) is 25.7 Å². The van der Waals surface area contributed by atoms with Crippen LogP contribution in [-0.4, -0.2) is 48.3 Å². The summed E-state index contributed by atoms with van der Waals surface area (Å²) in [6.45, 7) is 2.93. The minimum Gasteiger partial charge on any atom is -0.381 e. The van der Waals surface area contributed by atoms with Gasteiger partial charge < -0.3 is 15.4 Å². The van der Waals surface area contributed by atoms with Crippen molar-refractivity contribution < 1.29 is 22.7 Å². The second kappa shape index (κ2) is 6.76. The van der Waals surface area contributed by atoms with E-state index in [0.29, 0.717) is 26.1 Å². The first-order valence-corrected chi connectivity index (χ1v) is 6.98. The van der Waals surface area contributed by atoms with Crippen LogP contribution in [0, 0.1) is 0 Å². The maximum Gasteiger partial charge on any atom is 0.406 e. The van der Waals surface area contributed by atoms with Crippen molar-refractivity contribution in [2.45, 2.75) is 57.3 Å². The summed E-state index contributed by atoms with van der Waals surface area (Å²) in [5.41, 5.74) is 4.80. The third-order valence-electron chi connectivity index (χ3n) is 3.80. The molecular formula is C13H23F3N2O2. The zero-order valence-corrected chi connectivity index (χ0v) is 12.0. The van der Waals surface area contributed by atoms with Crippen molar-refractivity contribution in [3.63, 3.8) is 0 Å². The normalized spacial score (nSPS) is 19.1. The maximum absolute atomic E-state index is 12.7. The fraction of sp³-hybridized carbons (Fsp3) is 0.923. The molecule has 1 amide bonds. The van der Waals surface area contributed by atoms with Gasteiger partial charge in [0.2, 0.25) is 5.91 Å². The first-order chi connectivity index (χ1) is 9.23. The minimum atomic E-state index is -4.42. The Hall–Kier alpha value is -0.820. The quantitative estimate of drug-likeness (QED) is 0.845. The lowest BCUT2D eigenvalue weighted by Crippen LogP contribution is -2.61. The molecule has 0 aromatic rings. The van der Waals surface area contributed by atoms with Gasteiger partial charge in [-0.3, -0.25) is 4.79 Å². The van der Waals surface area contributed by atoms with Gasteiger partial charge in [0.25, 0.3) is 0 Å². The number of amides is 1. The number of rotatable bonds is 5. The number of hydrogen-bond acceptors (Lipinski definition) is 3. The summed E-state index contributed by atoms with van der Waals surface area (Å²) in [7, 11) is 0. The third-order valence-corrected chi connectivity index (χ3v) is 3.80. The highest BCUT2D eigenvalue weighted by Crippen LogP contribution is 2.26. The van der Waals surface area contributed by atoms with Crippen molar-refractivity contribution in [1.82, 2.24) is 4.90 Å². The predicted octanol–water partition coefficient (Wildman–Crippen LogP) is 2.07. The molecule has 118 valence electrons. The SMILES string of the molecule is CCC(CC)N(CC(F)(F)F)C(=O)C1(N)CCOCC1. The van der Waals surface area contributed by atoms with E-state index in [4.69, 9.17) is 10.5 Å². The summed E-state index contributed by atoms with van der Waals surface area (Å²) in [6, 6.07) is -0.438. The number of carbonyl (C=O) groups is 1. The average Bonchev–Trinajstić information content (AvgIpc) is 2.37. The van der Waals surface area contributed by atoms with Gasteiger partial charge in [0, 0.05) is 19.3 Å². The van der Waals surface area contributed by atoms with Crippen LogP contribution in [0.15, 0.2) is 0 Å². The van der Waals surface area contributed by atoms with Crippen LogP contribution in [0.25, 0.3) is 0 Å². The molecule has 20 heavy (non-hydrogen) atoms. The Morgan fingerprint density at radius 3 is 2.20 bits per heavy atom. The third kappa shape index (κ3) is 4.34. The molecule has 1 fully saturated rings. The number of carbonyl (C=O) groups excluding carboxylic acids is 1. The van der Waals surface area contributed by atoms with E-state index in [1.165, 1.54) is 0 Å². The van der Waals surface area contributed by atoms with Gasteiger partial charge in [-0.15, -0.1) is 0 Å². The minimum absolute atomic E-state index is 0.264. The first-order valence-electron chi connectivity index (χ1n) is 6.98. The molecule has 0 radical (unpaired) electrons. The van der Waals surface area contributed by atoms with E-state index in [1.54, 1.807) is 13.8 Å². The van der Waals surface area contributed by atoms with E-state index in [0.717, 1.165) is 4.90 Å². The van der Waals surface area contributed by atoms with Gasteiger partial charge >= 0.3 is 6.18 Å². The standard InChI is InChI=1S/C13H23F3N2O2/c1-3-10(4-2)18(9-13(14,15)16)11(19)12(17)5-7-20-8-6-12/h10H,3-9,17H2,1-2H3. The number of ether oxygens (including phenoxy) is 1. The molecule has 7 heteroatoms. The summed E-state index contributed by atoms with van der Waals surface area (Å²) in [4.78, 5) is 13.4. The Morgan fingerprint density at radius 2 is 1.80 bits per heavy atom. The molecule has 1 aliphatic heterocycles.